The van der Waals surface area contributed by atoms with Crippen LogP contribution in [0.4, 0.5) is 0 Å². The minimum Gasteiger partial charge on any atom is -0.319 e. The summed E-state index contributed by atoms with van der Waals surface area (Å²) in [6.45, 7) is 7.41. The third kappa shape index (κ3) is 2.71. The Morgan fingerprint density at radius 1 is 1.21 bits per heavy atom. The van der Waals surface area contributed by atoms with Crippen molar-refractivity contribution in [2.75, 3.05) is 13.6 Å². The van der Waals surface area contributed by atoms with E-state index in [-0.39, 0.29) is 0 Å². The van der Waals surface area contributed by atoms with Gasteiger partial charge in [0, 0.05) is 31.3 Å². The Morgan fingerprint density at radius 2 is 1.95 bits per heavy atom. The molecule has 19 heavy (non-hydrogen) atoms. The van der Waals surface area contributed by atoms with Gasteiger partial charge in [0.05, 0.1) is 5.69 Å². The first-order chi connectivity index (χ1) is 9.04. The minimum atomic E-state index is 0.953. The monoisotopic (exact) mass is 257 g/mol. The van der Waals surface area contributed by atoms with Crippen molar-refractivity contribution in [2.24, 2.45) is 7.05 Å². The maximum atomic E-state index is 4.66. The summed E-state index contributed by atoms with van der Waals surface area (Å²) in [6.07, 6.45) is 0.959. The molecule has 102 valence electrons. The Kier molecular flexibility index (Phi) is 4.05. The van der Waals surface area contributed by atoms with Crippen molar-refractivity contribution in [3.05, 3.63) is 40.7 Å². The van der Waals surface area contributed by atoms with Gasteiger partial charge in [-0.2, -0.15) is 5.10 Å². The molecular formula is C16H23N3. The quantitative estimate of drug-likeness (QED) is 0.912. The molecule has 0 spiro atoms. The number of aryl methyl sites for hydroxylation is 3. The van der Waals surface area contributed by atoms with Gasteiger partial charge in [-0.05, 0) is 38.9 Å². The number of hydrogen-bond donors (Lipinski definition) is 1. The van der Waals surface area contributed by atoms with Crippen molar-refractivity contribution in [3.8, 4) is 11.1 Å². The van der Waals surface area contributed by atoms with E-state index in [0.29, 0.717) is 0 Å². The van der Waals surface area contributed by atoms with Crippen LogP contribution in [0.2, 0.25) is 0 Å². The van der Waals surface area contributed by atoms with Gasteiger partial charge in [0.15, 0.2) is 0 Å². The van der Waals surface area contributed by atoms with Crippen LogP contribution in [0.5, 0.6) is 0 Å². The molecule has 0 amide bonds. The summed E-state index contributed by atoms with van der Waals surface area (Å²) in [5.41, 5.74) is 7.65. The molecule has 1 N–H and O–H groups in total. The zero-order valence-corrected chi connectivity index (χ0v) is 12.5. The highest BCUT2D eigenvalue weighted by Crippen LogP contribution is 2.30. The first-order valence-electron chi connectivity index (χ1n) is 6.79. The molecule has 0 aliphatic carbocycles. The van der Waals surface area contributed by atoms with Gasteiger partial charge in [-0.1, -0.05) is 23.8 Å². The molecule has 0 fully saturated rings. The van der Waals surface area contributed by atoms with Crippen molar-refractivity contribution in [2.45, 2.75) is 27.2 Å². The molecule has 0 atom stereocenters. The lowest BCUT2D eigenvalue weighted by Gasteiger charge is -2.09. The van der Waals surface area contributed by atoms with Crippen LogP contribution >= 0.6 is 0 Å². The van der Waals surface area contributed by atoms with E-state index in [1.54, 1.807) is 0 Å². The van der Waals surface area contributed by atoms with Crippen LogP contribution < -0.4 is 5.32 Å². The van der Waals surface area contributed by atoms with E-state index in [1.807, 2.05) is 18.8 Å². The summed E-state index contributed by atoms with van der Waals surface area (Å²) in [5.74, 6) is 0. The molecule has 0 saturated heterocycles. The number of nitrogens with zero attached hydrogens (tertiary/aromatic N) is 2. The van der Waals surface area contributed by atoms with E-state index < -0.39 is 0 Å². The fourth-order valence-electron chi connectivity index (χ4n) is 2.54. The van der Waals surface area contributed by atoms with E-state index >= 15 is 0 Å². The Morgan fingerprint density at radius 3 is 2.58 bits per heavy atom. The maximum Gasteiger partial charge on any atom is 0.0718 e. The molecule has 2 aromatic rings. The highest BCUT2D eigenvalue weighted by molar-refractivity contribution is 5.72. The zero-order chi connectivity index (χ0) is 14.0. The Hall–Kier alpha value is -1.61. The molecule has 1 aromatic heterocycles. The average Bonchev–Trinajstić information content (AvgIpc) is 2.64. The van der Waals surface area contributed by atoms with Gasteiger partial charge in [-0.15, -0.1) is 0 Å². The Bertz CT molecular complexity index is 582. The molecule has 2 rings (SSSR count). The highest BCUT2D eigenvalue weighted by Gasteiger charge is 2.15. The largest absolute Gasteiger partial charge is 0.319 e. The normalized spacial score (nSPS) is 11.0. The van der Waals surface area contributed by atoms with Crippen molar-refractivity contribution in [1.29, 1.82) is 0 Å². The SMILES string of the molecule is CNCCc1nn(C)c(C)c1-c1ccc(C)cc1C. The van der Waals surface area contributed by atoms with Crippen LogP contribution in [-0.4, -0.2) is 23.4 Å². The lowest BCUT2D eigenvalue weighted by atomic mass is 9.96. The minimum absolute atomic E-state index is 0.953. The number of aromatic nitrogens is 2. The van der Waals surface area contributed by atoms with E-state index in [1.165, 1.54) is 33.6 Å². The predicted octanol–water partition coefficient (Wildman–Crippen LogP) is 2.77. The van der Waals surface area contributed by atoms with Crippen LogP contribution in [0.15, 0.2) is 18.2 Å². The third-order valence-electron chi connectivity index (χ3n) is 3.67. The number of rotatable bonds is 4. The number of nitrogens with one attached hydrogen (secondary N) is 1. The van der Waals surface area contributed by atoms with Gasteiger partial charge in [-0.3, -0.25) is 4.68 Å². The van der Waals surface area contributed by atoms with E-state index in [4.69, 9.17) is 0 Å². The zero-order valence-electron chi connectivity index (χ0n) is 12.5. The number of likely N-dealkylation sites (N-methyl/N-ethyl adjacent to an activating group) is 1. The third-order valence-corrected chi connectivity index (χ3v) is 3.67. The summed E-state index contributed by atoms with van der Waals surface area (Å²) < 4.78 is 1.99. The van der Waals surface area contributed by atoms with Gasteiger partial charge in [0.25, 0.3) is 0 Å². The Labute approximate surface area is 115 Å². The second-order valence-corrected chi connectivity index (χ2v) is 5.20. The molecule has 3 heteroatoms. The van der Waals surface area contributed by atoms with Crippen LogP contribution in [0.25, 0.3) is 11.1 Å². The van der Waals surface area contributed by atoms with Crippen LogP contribution in [0.3, 0.4) is 0 Å². The molecule has 1 aromatic carbocycles. The molecular weight excluding hydrogens is 234 g/mol. The van der Waals surface area contributed by atoms with E-state index in [2.05, 4.69) is 49.4 Å². The number of benzene rings is 1. The molecule has 0 saturated carbocycles. The van der Waals surface area contributed by atoms with Crippen molar-refractivity contribution < 1.29 is 0 Å². The molecule has 0 unspecified atom stereocenters. The summed E-state index contributed by atoms with van der Waals surface area (Å²) in [4.78, 5) is 0. The Balaban J connectivity index is 2.53. The predicted molar refractivity (Wildman–Crippen MR) is 80.5 cm³/mol. The van der Waals surface area contributed by atoms with Crippen molar-refractivity contribution in [3.63, 3.8) is 0 Å². The van der Waals surface area contributed by atoms with Crippen LogP contribution in [0.1, 0.15) is 22.5 Å². The summed E-state index contributed by atoms with van der Waals surface area (Å²) in [6, 6.07) is 6.64. The molecule has 3 nitrogen and oxygen atoms in total. The van der Waals surface area contributed by atoms with Crippen LogP contribution in [0, 0.1) is 20.8 Å². The molecule has 0 aliphatic heterocycles. The van der Waals surface area contributed by atoms with E-state index in [9.17, 15) is 0 Å². The maximum absolute atomic E-state index is 4.66. The lowest BCUT2D eigenvalue weighted by molar-refractivity contribution is 0.703. The molecule has 1 heterocycles. The van der Waals surface area contributed by atoms with E-state index in [0.717, 1.165) is 13.0 Å². The topological polar surface area (TPSA) is 29.9 Å². The summed E-state index contributed by atoms with van der Waals surface area (Å²) >= 11 is 0. The van der Waals surface area contributed by atoms with Crippen molar-refractivity contribution >= 4 is 0 Å². The second-order valence-electron chi connectivity index (χ2n) is 5.20. The first-order valence-corrected chi connectivity index (χ1v) is 6.79. The smallest absolute Gasteiger partial charge is 0.0718 e. The molecule has 0 aliphatic rings. The number of hydrogen-bond acceptors (Lipinski definition) is 2. The first kappa shape index (κ1) is 13.8. The van der Waals surface area contributed by atoms with Gasteiger partial charge in [0.2, 0.25) is 0 Å². The van der Waals surface area contributed by atoms with Crippen molar-refractivity contribution in [1.82, 2.24) is 15.1 Å². The fraction of sp³-hybridized carbons (Fsp3) is 0.438. The lowest BCUT2D eigenvalue weighted by Crippen LogP contribution is -2.11. The molecule has 0 radical (unpaired) electrons. The highest BCUT2D eigenvalue weighted by atomic mass is 15.3. The average molecular weight is 257 g/mol. The van der Waals surface area contributed by atoms with Gasteiger partial charge >= 0.3 is 0 Å². The summed E-state index contributed by atoms with van der Waals surface area (Å²) in [5, 5.41) is 7.86. The second kappa shape index (κ2) is 5.57. The molecule has 0 bridgehead atoms. The van der Waals surface area contributed by atoms with Gasteiger partial charge < -0.3 is 5.32 Å². The van der Waals surface area contributed by atoms with Crippen LogP contribution in [-0.2, 0) is 13.5 Å². The van der Waals surface area contributed by atoms with Gasteiger partial charge in [0.1, 0.15) is 0 Å². The standard InChI is InChI=1S/C16H23N3/c1-11-6-7-14(12(2)10-11)16-13(3)19(5)18-15(16)8-9-17-4/h6-7,10,17H,8-9H2,1-5H3. The fourth-order valence-corrected chi connectivity index (χ4v) is 2.54. The summed E-state index contributed by atoms with van der Waals surface area (Å²) in [7, 11) is 4.00. The van der Waals surface area contributed by atoms with Gasteiger partial charge in [-0.25, -0.2) is 0 Å².